The van der Waals surface area contributed by atoms with Crippen LogP contribution in [0.3, 0.4) is 0 Å². The maximum Gasteiger partial charge on any atom is 0.120 e. The van der Waals surface area contributed by atoms with Crippen LogP contribution in [0.4, 0.5) is 0 Å². The van der Waals surface area contributed by atoms with Crippen molar-refractivity contribution in [1.82, 2.24) is 4.90 Å². The van der Waals surface area contributed by atoms with Gasteiger partial charge in [-0.3, -0.25) is 4.90 Å². The lowest BCUT2D eigenvalue weighted by atomic mass is 9.94. The van der Waals surface area contributed by atoms with Gasteiger partial charge in [0.1, 0.15) is 11.4 Å². The molecule has 136 valence electrons. The number of fused-ring (bicyclic) bond motifs is 2. The quantitative estimate of drug-likeness (QED) is 0.705. The molecule has 2 aliphatic rings. The Balaban J connectivity index is 1.49. The Morgan fingerprint density at radius 3 is 2.35 bits per heavy atom. The molecule has 0 aliphatic carbocycles. The third kappa shape index (κ3) is 3.86. The predicted molar refractivity (Wildman–Crippen MR) is 108 cm³/mol. The molecule has 0 amide bonds. The minimum Gasteiger partial charge on any atom is -0.488 e. The summed E-state index contributed by atoms with van der Waals surface area (Å²) >= 11 is 0. The number of nitrogens with zero attached hydrogens (tertiary/aromatic N) is 1. The second-order valence-corrected chi connectivity index (χ2v) is 8.59. The molecule has 1 saturated heterocycles. The first-order valence-electron chi connectivity index (χ1n) is 9.78. The van der Waals surface area contributed by atoms with Crippen molar-refractivity contribution < 1.29 is 4.74 Å². The molecular formula is C24H29NO. The van der Waals surface area contributed by atoms with Crippen LogP contribution >= 0.6 is 0 Å². The Hall–Kier alpha value is -2.06. The first-order valence-corrected chi connectivity index (χ1v) is 9.78. The van der Waals surface area contributed by atoms with Crippen molar-refractivity contribution in [3.05, 3.63) is 71.8 Å². The number of rotatable bonds is 4. The molecule has 2 atom stereocenters. The van der Waals surface area contributed by atoms with Gasteiger partial charge in [-0.1, -0.05) is 48.5 Å². The van der Waals surface area contributed by atoms with Crippen molar-refractivity contribution in [3.63, 3.8) is 0 Å². The predicted octanol–water partition coefficient (Wildman–Crippen LogP) is 5.68. The standard InChI is InChI=1S/C24H29NO/c1-24(2,3)26-23-13-9-19(10-14-23)20-15-21-11-12-22(16-20)25(21)17-18-7-5-4-6-8-18/h4-10,13-15,21-22H,11-12,16-17H2,1-3H3. The fourth-order valence-electron chi connectivity index (χ4n) is 4.26. The third-order valence-corrected chi connectivity index (χ3v) is 5.40. The van der Waals surface area contributed by atoms with Crippen LogP contribution in [0.15, 0.2) is 60.7 Å². The van der Waals surface area contributed by atoms with Gasteiger partial charge in [-0.05, 0) is 68.9 Å². The van der Waals surface area contributed by atoms with Gasteiger partial charge >= 0.3 is 0 Å². The van der Waals surface area contributed by atoms with Crippen molar-refractivity contribution in [2.45, 2.75) is 64.3 Å². The highest BCUT2D eigenvalue weighted by molar-refractivity contribution is 5.68. The molecule has 0 N–H and O–H groups in total. The van der Waals surface area contributed by atoms with Crippen LogP contribution in [0.1, 0.15) is 51.2 Å². The van der Waals surface area contributed by atoms with Gasteiger partial charge in [0.25, 0.3) is 0 Å². The number of benzene rings is 2. The monoisotopic (exact) mass is 347 g/mol. The van der Waals surface area contributed by atoms with Crippen LogP contribution in [0.2, 0.25) is 0 Å². The lowest BCUT2D eigenvalue weighted by Gasteiger charge is -2.34. The Kier molecular flexibility index (Phi) is 4.62. The van der Waals surface area contributed by atoms with Crippen LogP contribution in [-0.2, 0) is 6.54 Å². The van der Waals surface area contributed by atoms with E-state index >= 15 is 0 Å². The Morgan fingerprint density at radius 1 is 0.962 bits per heavy atom. The van der Waals surface area contributed by atoms with Gasteiger partial charge in [0.15, 0.2) is 0 Å². The zero-order chi connectivity index (χ0) is 18.1. The molecule has 0 saturated carbocycles. The molecule has 4 rings (SSSR count). The second-order valence-electron chi connectivity index (χ2n) is 8.59. The Morgan fingerprint density at radius 2 is 1.69 bits per heavy atom. The van der Waals surface area contributed by atoms with Gasteiger partial charge in [0.05, 0.1) is 0 Å². The van der Waals surface area contributed by atoms with Gasteiger partial charge in [-0.25, -0.2) is 0 Å². The fourth-order valence-corrected chi connectivity index (χ4v) is 4.26. The number of ether oxygens (including phenoxy) is 1. The fraction of sp³-hybridized carbons (Fsp3) is 0.417. The summed E-state index contributed by atoms with van der Waals surface area (Å²) in [5.41, 5.74) is 4.12. The van der Waals surface area contributed by atoms with Gasteiger partial charge < -0.3 is 4.74 Å². The summed E-state index contributed by atoms with van der Waals surface area (Å²) in [6.45, 7) is 7.33. The summed E-state index contributed by atoms with van der Waals surface area (Å²) in [6.07, 6.45) is 6.25. The van der Waals surface area contributed by atoms with Crippen molar-refractivity contribution in [2.24, 2.45) is 0 Å². The van der Waals surface area contributed by atoms with Gasteiger partial charge in [0, 0.05) is 18.6 Å². The third-order valence-electron chi connectivity index (χ3n) is 5.40. The summed E-state index contributed by atoms with van der Waals surface area (Å²) in [5, 5.41) is 0. The van der Waals surface area contributed by atoms with Gasteiger partial charge in [0.2, 0.25) is 0 Å². The summed E-state index contributed by atoms with van der Waals surface area (Å²) < 4.78 is 5.95. The molecule has 2 bridgehead atoms. The summed E-state index contributed by atoms with van der Waals surface area (Å²) in [7, 11) is 0. The topological polar surface area (TPSA) is 12.5 Å². The summed E-state index contributed by atoms with van der Waals surface area (Å²) in [4.78, 5) is 2.69. The molecule has 1 fully saturated rings. The molecule has 2 heterocycles. The minimum atomic E-state index is -0.150. The number of hydrogen-bond donors (Lipinski definition) is 0. The molecule has 2 unspecified atom stereocenters. The van der Waals surface area contributed by atoms with Gasteiger partial charge in [-0.2, -0.15) is 0 Å². The van der Waals surface area contributed by atoms with E-state index in [2.05, 4.69) is 86.3 Å². The van der Waals surface area contributed by atoms with E-state index in [0.717, 1.165) is 18.7 Å². The zero-order valence-electron chi connectivity index (χ0n) is 16.1. The number of hydrogen-bond acceptors (Lipinski definition) is 2. The molecule has 0 aromatic heterocycles. The average molecular weight is 348 g/mol. The van der Waals surface area contributed by atoms with E-state index in [1.165, 1.54) is 29.5 Å². The van der Waals surface area contributed by atoms with E-state index in [1.807, 2.05) is 0 Å². The molecule has 0 spiro atoms. The zero-order valence-corrected chi connectivity index (χ0v) is 16.1. The van der Waals surface area contributed by atoms with Crippen LogP contribution in [0.25, 0.3) is 5.57 Å². The van der Waals surface area contributed by atoms with Crippen LogP contribution < -0.4 is 4.74 Å². The average Bonchev–Trinajstić information content (AvgIpc) is 2.84. The van der Waals surface area contributed by atoms with Crippen molar-refractivity contribution in [3.8, 4) is 5.75 Å². The van der Waals surface area contributed by atoms with E-state index in [0.29, 0.717) is 12.1 Å². The lowest BCUT2D eigenvalue weighted by molar-refractivity contribution is 0.131. The molecule has 2 aromatic rings. The van der Waals surface area contributed by atoms with Crippen molar-refractivity contribution >= 4 is 5.57 Å². The first-order chi connectivity index (χ1) is 12.5. The van der Waals surface area contributed by atoms with E-state index in [1.54, 1.807) is 0 Å². The molecular weight excluding hydrogens is 318 g/mol. The smallest absolute Gasteiger partial charge is 0.120 e. The Labute approximate surface area is 157 Å². The van der Waals surface area contributed by atoms with E-state index in [4.69, 9.17) is 4.74 Å². The second kappa shape index (κ2) is 6.92. The molecule has 2 nitrogen and oxygen atoms in total. The first kappa shape index (κ1) is 17.4. The molecule has 2 heteroatoms. The maximum absolute atomic E-state index is 5.95. The van der Waals surface area contributed by atoms with Crippen LogP contribution in [0, 0.1) is 0 Å². The van der Waals surface area contributed by atoms with E-state index in [-0.39, 0.29) is 5.60 Å². The molecule has 0 radical (unpaired) electrons. The van der Waals surface area contributed by atoms with Crippen molar-refractivity contribution in [2.75, 3.05) is 0 Å². The minimum absolute atomic E-state index is 0.150. The SMILES string of the molecule is CC(C)(C)Oc1ccc(C2=CC3CCC(C2)N3Cc2ccccc2)cc1. The van der Waals surface area contributed by atoms with Gasteiger partial charge in [-0.15, -0.1) is 0 Å². The molecule has 26 heavy (non-hydrogen) atoms. The largest absolute Gasteiger partial charge is 0.488 e. The normalized spacial score (nSPS) is 23.0. The highest BCUT2D eigenvalue weighted by Crippen LogP contribution is 2.39. The van der Waals surface area contributed by atoms with E-state index < -0.39 is 0 Å². The lowest BCUT2D eigenvalue weighted by Crippen LogP contribution is -2.37. The van der Waals surface area contributed by atoms with E-state index in [9.17, 15) is 0 Å². The maximum atomic E-state index is 5.95. The summed E-state index contributed by atoms with van der Waals surface area (Å²) in [6, 6.07) is 20.8. The Bertz CT molecular complexity index is 770. The molecule has 2 aliphatic heterocycles. The molecule has 2 aromatic carbocycles. The highest BCUT2D eigenvalue weighted by Gasteiger charge is 2.36. The van der Waals surface area contributed by atoms with Crippen LogP contribution in [-0.4, -0.2) is 22.6 Å². The van der Waals surface area contributed by atoms with Crippen LogP contribution in [0.5, 0.6) is 5.75 Å². The van der Waals surface area contributed by atoms with Crippen molar-refractivity contribution in [1.29, 1.82) is 0 Å². The highest BCUT2D eigenvalue weighted by atomic mass is 16.5. The summed E-state index contributed by atoms with van der Waals surface area (Å²) in [5.74, 6) is 0.950.